The quantitative estimate of drug-likeness (QED) is 0.657. The predicted molar refractivity (Wildman–Crippen MR) is 51.7 cm³/mol. The minimum atomic E-state index is -0.554. The van der Waals surface area contributed by atoms with Crippen LogP contribution in [0.2, 0.25) is 0 Å². The molecule has 0 heterocycles. The molecule has 0 unspecified atom stereocenters. The third-order valence-corrected chi connectivity index (χ3v) is 2.54. The lowest BCUT2D eigenvalue weighted by molar-refractivity contribution is -0.0366. The van der Waals surface area contributed by atoms with Crippen LogP contribution in [0.1, 0.15) is 54.9 Å². The summed E-state index contributed by atoms with van der Waals surface area (Å²) in [7, 11) is 0. The zero-order chi connectivity index (χ0) is 9.71. The van der Waals surface area contributed by atoms with E-state index < -0.39 is 5.60 Å². The normalized spacial score (nSPS) is 12.0. The molecule has 0 bridgehead atoms. The highest BCUT2D eigenvalue weighted by Crippen LogP contribution is 2.32. The number of rotatable bonds is 2. The van der Waals surface area contributed by atoms with Crippen molar-refractivity contribution in [2.45, 2.75) is 60.5 Å². The minimum absolute atomic E-state index is 0.0347. The fourth-order valence-electron chi connectivity index (χ4n) is 0.433. The van der Waals surface area contributed by atoms with Crippen molar-refractivity contribution in [2.75, 3.05) is 0 Å². The van der Waals surface area contributed by atoms with Gasteiger partial charge >= 0.3 is 0 Å². The molecule has 0 aromatic rings. The number of hydrogen-bond donors (Lipinski definition) is 1. The summed E-state index contributed by atoms with van der Waals surface area (Å²) in [5.74, 6) is 0. The summed E-state index contributed by atoms with van der Waals surface area (Å²) >= 11 is 0. The minimum Gasteiger partial charge on any atom is -0.390 e. The van der Waals surface area contributed by atoms with Gasteiger partial charge in [-0.3, -0.25) is 0 Å². The van der Waals surface area contributed by atoms with Gasteiger partial charge in [-0.1, -0.05) is 34.6 Å². The first-order chi connectivity index (χ1) is 4.81. The van der Waals surface area contributed by atoms with E-state index in [0.29, 0.717) is 0 Å². The van der Waals surface area contributed by atoms with E-state index in [2.05, 4.69) is 20.8 Å². The van der Waals surface area contributed by atoms with Gasteiger partial charge in [-0.15, -0.1) is 0 Å². The van der Waals surface area contributed by atoms with Crippen LogP contribution < -0.4 is 0 Å². The molecule has 0 aliphatic rings. The van der Waals surface area contributed by atoms with E-state index in [0.717, 1.165) is 6.42 Å². The third kappa shape index (κ3) is 4.41. The summed E-state index contributed by atoms with van der Waals surface area (Å²) in [6.07, 6.45) is 1.01. The molecule has 0 aliphatic heterocycles. The van der Waals surface area contributed by atoms with Gasteiger partial charge in [0.1, 0.15) is 0 Å². The average Bonchev–Trinajstić information content (AvgIpc) is 1.90. The number of hydrogen-bond acceptors (Lipinski definition) is 1. The highest BCUT2D eigenvalue weighted by atomic mass is 16.3. The molecule has 0 spiro atoms. The fourth-order valence-corrected chi connectivity index (χ4v) is 0.433. The second kappa shape index (κ2) is 4.76. The maximum atomic E-state index is 9.55. The molecule has 1 nitrogen and oxygen atoms in total. The highest BCUT2D eigenvalue weighted by molar-refractivity contribution is 4.83. The molecule has 0 atom stereocenters. The Morgan fingerprint density at radius 3 is 1.27 bits per heavy atom. The second-order valence-corrected chi connectivity index (χ2v) is 3.80. The van der Waals surface area contributed by atoms with Gasteiger partial charge in [0, 0.05) is 0 Å². The average molecular weight is 160 g/mol. The Kier molecular flexibility index (Phi) is 5.86. The Balaban J connectivity index is 0. The maximum absolute atomic E-state index is 9.55. The Hall–Kier alpha value is -0.0400. The summed E-state index contributed by atoms with van der Waals surface area (Å²) in [5.41, 5.74) is -0.519. The van der Waals surface area contributed by atoms with Crippen molar-refractivity contribution in [1.82, 2.24) is 0 Å². The Bertz CT molecular complexity index is 87.5. The van der Waals surface area contributed by atoms with E-state index in [-0.39, 0.29) is 5.41 Å². The highest BCUT2D eigenvalue weighted by Gasteiger charge is 2.32. The fraction of sp³-hybridized carbons (Fsp3) is 1.00. The molecule has 0 amide bonds. The molecule has 0 radical (unpaired) electrons. The monoisotopic (exact) mass is 160 g/mol. The van der Waals surface area contributed by atoms with Gasteiger partial charge in [0.25, 0.3) is 0 Å². The van der Waals surface area contributed by atoms with E-state index in [4.69, 9.17) is 0 Å². The van der Waals surface area contributed by atoms with Crippen molar-refractivity contribution >= 4 is 0 Å². The van der Waals surface area contributed by atoms with Crippen LogP contribution in [0.4, 0.5) is 0 Å². The molecule has 0 aromatic carbocycles. The van der Waals surface area contributed by atoms with Crippen LogP contribution >= 0.6 is 0 Å². The largest absolute Gasteiger partial charge is 0.390 e. The first kappa shape index (κ1) is 13.5. The van der Waals surface area contributed by atoms with Gasteiger partial charge in [0.2, 0.25) is 0 Å². The van der Waals surface area contributed by atoms with Gasteiger partial charge in [-0.25, -0.2) is 0 Å². The van der Waals surface area contributed by atoms with E-state index in [1.54, 1.807) is 0 Å². The van der Waals surface area contributed by atoms with Crippen molar-refractivity contribution in [3.05, 3.63) is 0 Å². The summed E-state index contributed by atoms with van der Waals surface area (Å²) in [6.45, 7) is 14.0. The smallest absolute Gasteiger partial charge is 0.0642 e. The lowest BCUT2D eigenvalue weighted by Gasteiger charge is -2.36. The van der Waals surface area contributed by atoms with Crippen molar-refractivity contribution < 1.29 is 5.11 Å². The number of aliphatic hydroxyl groups is 1. The standard InChI is InChI=1S/C8H18O.C2H6/c1-6-7(2,3)8(4,5)9;1-2/h9H,6H2,1-5H3;1-2H3. The lowest BCUT2D eigenvalue weighted by atomic mass is 9.75. The first-order valence-corrected chi connectivity index (χ1v) is 4.53. The molecule has 0 saturated carbocycles. The molecule has 0 saturated heterocycles. The Morgan fingerprint density at radius 1 is 1.00 bits per heavy atom. The molecular weight excluding hydrogens is 136 g/mol. The molecular formula is C10H24O. The molecule has 70 valence electrons. The van der Waals surface area contributed by atoms with Crippen molar-refractivity contribution in [3.8, 4) is 0 Å². The maximum Gasteiger partial charge on any atom is 0.0642 e. The molecule has 11 heavy (non-hydrogen) atoms. The zero-order valence-corrected chi connectivity index (χ0v) is 9.15. The van der Waals surface area contributed by atoms with Crippen LogP contribution in [0, 0.1) is 5.41 Å². The van der Waals surface area contributed by atoms with E-state index in [9.17, 15) is 5.11 Å². The summed E-state index contributed by atoms with van der Waals surface area (Å²) in [4.78, 5) is 0. The topological polar surface area (TPSA) is 20.2 Å². The molecule has 1 N–H and O–H groups in total. The van der Waals surface area contributed by atoms with E-state index >= 15 is 0 Å². The zero-order valence-electron chi connectivity index (χ0n) is 9.15. The van der Waals surface area contributed by atoms with Gasteiger partial charge < -0.3 is 5.11 Å². The Labute approximate surface area is 71.8 Å². The molecule has 0 aliphatic carbocycles. The van der Waals surface area contributed by atoms with Crippen LogP contribution in [-0.2, 0) is 0 Å². The van der Waals surface area contributed by atoms with Gasteiger partial charge in [0.15, 0.2) is 0 Å². The van der Waals surface area contributed by atoms with Crippen LogP contribution in [0.3, 0.4) is 0 Å². The van der Waals surface area contributed by atoms with Crippen LogP contribution in [0.15, 0.2) is 0 Å². The van der Waals surface area contributed by atoms with E-state index in [1.165, 1.54) is 0 Å². The molecule has 0 aromatic heterocycles. The molecule has 1 heteroatoms. The van der Waals surface area contributed by atoms with Gasteiger partial charge in [-0.2, -0.15) is 0 Å². The van der Waals surface area contributed by atoms with Gasteiger partial charge in [-0.05, 0) is 25.7 Å². The van der Waals surface area contributed by atoms with E-state index in [1.807, 2.05) is 27.7 Å². The third-order valence-electron chi connectivity index (χ3n) is 2.54. The van der Waals surface area contributed by atoms with Crippen LogP contribution in [-0.4, -0.2) is 10.7 Å². The van der Waals surface area contributed by atoms with Gasteiger partial charge in [0.05, 0.1) is 5.60 Å². The molecule has 0 fully saturated rings. The van der Waals surface area contributed by atoms with Crippen molar-refractivity contribution in [2.24, 2.45) is 5.41 Å². The van der Waals surface area contributed by atoms with Crippen LogP contribution in [0.5, 0.6) is 0 Å². The van der Waals surface area contributed by atoms with Crippen LogP contribution in [0.25, 0.3) is 0 Å². The summed E-state index contributed by atoms with van der Waals surface area (Å²) < 4.78 is 0. The summed E-state index contributed by atoms with van der Waals surface area (Å²) in [6, 6.07) is 0. The first-order valence-electron chi connectivity index (χ1n) is 4.53. The summed E-state index contributed by atoms with van der Waals surface area (Å²) in [5, 5.41) is 9.55. The lowest BCUT2D eigenvalue weighted by Crippen LogP contribution is -2.38. The molecule has 0 rings (SSSR count). The predicted octanol–water partition coefficient (Wildman–Crippen LogP) is 3.22. The SMILES string of the molecule is CC.CCC(C)(C)C(C)(C)O. The Morgan fingerprint density at radius 2 is 1.27 bits per heavy atom. The van der Waals surface area contributed by atoms with Crippen molar-refractivity contribution in [3.63, 3.8) is 0 Å². The van der Waals surface area contributed by atoms with Crippen molar-refractivity contribution in [1.29, 1.82) is 0 Å². The second-order valence-electron chi connectivity index (χ2n) is 3.80.